The minimum absolute atomic E-state index is 0. The van der Waals surface area contributed by atoms with E-state index in [4.69, 9.17) is 0 Å². The third-order valence-electron chi connectivity index (χ3n) is 4.12. The Labute approximate surface area is 156 Å². The summed E-state index contributed by atoms with van der Waals surface area (Å²) in [6, 6.07) is 7.46. The molecular formula is C17H28FIN4. The van der Waals surface area contributed by atoms with Gasteiger partial charge in [0.25, 0.3) is 0 Å². The number of nitrogens with zero attached hydrogens (tertiary/aromatic N) is 2. The SMILES string of the molecule is CCNC(=NCC1CCCN1C)NCCc1ccccc1F.I. The molecule has 1 unspecified atom stereocenters. The number of hydrogen-bond donors (Lipinski definition) is 2. The Hall–Kier alpha value is -0.890. The number of rotatable bonds is 6. The Morgan fingerprint density at radius 3 is 2.78 bits per heavy atom. The van der Waals surface area contributed by atoms with Crippen molar-refractivity contribution >= 4 is 29.9 Å². The predicted molar refractivity (Wildman–Crippen MR) is 105 cm³/mol. The van der Waals surface area contributed by atoms with Crippen LogP contribution in [-0.2, 0) is 6.42 Å². The zero-order chi connectivity index (χ0) is 15.8. The van der Waals surface area contributed by atoms with Gasteiger partial charge in [-0.25, -0.2) is 4.39 Å². The summed E-state index contributed by atoms with van der Waals surface area (Å²) in [7, 11) is 2.16. The molecule has 0 radical (unpaired) electrons. The summed E-state index contributed by atoms with van der Waals surface area (Å²) in [5, 5.41) is 6.54. The maximum atomic E-state index is 13.6. The van der Waals surface area contributed by atoms with Gasteiger partial charge in [0.2, 0.25) is 0 Å². The second-order valence-electron chi connectivity index (χ2n) is 5.76. The molecule has 0 aliphatic carbocycles. The predicted octanol–water partition coefficient (Wildman–Crippen LogP) is 2.64. The number of aliphatic imine (C=N–C) groups is 1. The van der Waals surface area contributed by atoms with Gasteiger partial charge in [-0.05, 0) is 51.4 Å². The molecule has 4 nitrogen and oxygen atoms in total. The van der Waals surface area contributed by atoms with Crippen molar-refractivity contribution in [1.82, 2.24) is 15.5 Å². The molecule has 2 rings (SSSR count). The van der Waals surface area contributed by atoms with Crippen molar-refractivity contribution in [3.63, 3.8) is 0 Å². The van der Waals surface area contributed by atoms with Crippen molar-refractivity contribution < 1.29 is 4.39 Å². The molecule has 1 atom stereocenters. The minimum Gasteiger partial charge on any atom is -0.357 e. The van der Waals surface area contributed by atoms with Crippen molar-refractivity contribution in [2.75, 3.05) is 33.2 Å². The van der Waals surface area contributed by atoms with E-state index < -0.39 is 0 Å². The van der Waals surface area contributed by atoms with Crippen LogP contribution in [0.25, 0.3) is 0 Å². The van der Waals surface area contributed by atoms with Gasteiger partial charge in [-0.15, -0.1) is 24.0 Å². The van der Waals surface area contributed by atoms with Crippen LogP contribution in [0.4, 0.5) is 4.39 Å². The maximum absolute atomic E-state index is 13.6. The molecule has 6 heteroatoms. The second-order valence-corrected chi connectivity index (χ2v) is 5.76. The van der Waals surface area contributed by atoms with Crippen LogP contribution in [0.15, 0.2) is 29.3 Å². The quantitative estimate of drug-likeness (QED) is 0.411. The van der Waals surface area contributed by atoms with Crippen LogP contribution in [0.2, 0.25) is 0 Å². The number of guanidine groups is 1. The Bertz CT molecular complexity index is 495. The Morgan fingerprint density at radius 2 is 2.13 bits per heavy atom. The van der Waals surface area contributed by atoms with E-state index in [-0.39, 0.29) is 29.8 Å². The molecule has 0 amide bonds. The van der Waals surface area contributed by atoms with Gasteiger partial charge in [0.15, 0.2) is 5.96 Å². The van der Waals surface area contributed by atoms with E-state index in [2.05, 4.69) is 34.5 Å². The highest BCUT2D eigenvalue weighted by atomic mass is 127. The summed E-state index contributed by atoms with van der Waals surface area (Å²) in [6.07, 6.45) is 3.13. The smallest absolute Gasteiger partial charge is 0.191 e. The minimum atomic E-state index is -0.140. The summed E-state index contributed by atoms with van der Waals surface area (Å²) in [5.41, 5.74) is 0.737. The van der Waals surface area contributed by atoms with Crippen LogP contribution in [0.5, 0.6) is 0 Å². The fourth-order valence-electron chi connectivity index (χ4n) is 2.77. The monoisotopic (exact) mass is 434 g/mol. The summed E-state index contributed by atoms with van der Waals surface area (Å²) in [4.78, 5) is 7.03. The fraction of sp³-hybridized carbons (Fsp3) is 0.588. The lowest BCUT2D eigenvalue weighted by Gasteiger charge is -2.18. The fourth-order valence-corrected chi connectivity index (χ4v) is 2.77. The number of benzene rings is 1. The molecule has 0 bridgehead atoms. The number of halogens is 2. The summed E-state index contributed by atoms with van der Waals surface area (Å²) in [5.74, 6) is 0.679. The van der Waals surface area contributed by atoms with Crippen molar-refractivity contribution in [2.45, 2.75) is 32.2 Å². The van der Waals surface area contributed by atoms with Crippen LogP contribution in [0.3, 0.4) is 0 Å². The van der Waals surface area contributed by atoms with Crippen LogP contribution in [-0.4, -0.2) is 50.1 Å². The molecule has 1 aliphatic heterocycles. The van der Waals surface area contributed by atoms with E-state index in [0.717, 1.165) is 31.2 Å². The van der Waals surface area contributed by atoms with E-state index in [9.17, 15) is 4.39 Å². The van der Waals surface area contributed by atoms with E-state index in [1.54, 1.807) is 6.07 Å². The van der Waals surface area contributed by atoms with Gasteiger partial charge in [-0.3, -0.25) is 4.99 Å². The van der Waals surface area contributed by atoms with Gasteiger partial charge in [0, 0.05) is 19.1 Å². The maximum Gasteiger partial charge on any atom is 0.191 e. The van der Waals surface area contributed by atoms with Crippen LogP contribution in [0, 0.1) is 5.82 Å². The lowest BCUT2D eigenvalue weighted by Crippen LogP contribution is -2.39. The number of hydrogen-bond acceptors (Lipinski definition) is 2. The summed E-state index contributed by atoms with van der Waals surface area (Å²) < 4.78 is 13.6. The Morgan fingerprint density at radius 1 is 1.35 bits per heavy atom. The van der Waals surface area contributed by atoms with E-state index >= 15 is 0 Å². The molecule has 2 N–H and O–H groups in total. The molecule has 1 saturated heterocycles. The zero-order valence-corrected chi connectivity index (χ0v) is 16.3. The third kappa shape index (κ3) is 6.63. The van der Waals surface area contributed by atoms with Gasteiger partial charge in [0.05, 0.1) is 6.54 Å². The van der Waals surface area contributed by atoms with Gasteiger partial charge in [-0.1, -0.05) is 18.2 Å². The third-order valence-corrected chi connectivity index (χ3v) is 4.12. The first-order valence-electron chi connectivity index (χ1n) is 8.16. The van der Waals surface area contributed by atoms with Gasteiger partial charge < -0.3 is 15.5 Å². The first kappa shape index (κ1) is 20.2. The number of likely N-dealkylation sites (tertiary alicyclic amines) is 1. The molecule has 1 aromatic rings. The molecule has 1 heterocycles. The van der Waals surface area contributed by atoms with Gasteiger partial charge in [0.1, 0.15) is 5.82 Å². The molecule has 1 aliphatic rings. The highest BCUT2D eigenvalue weighted by molar-refractivity contribution is 14.0. The highest BCUT2D eigenvalue weighted by Crippen LogP contribution is 2.14. The normalized spacial score (nSPS) is 18.6. The van der Waals surface area contributed by atoms with Crippen LogP contribution in [0.1, 0.15) is 25.3 Å². The molecule has 0 saturated carbocycles. The summed E-state index contributed by atoms with van der Waals surface area (Å²) >= 11 is 0. The lowest BCUT2D eigenvalue weighted by molar-refractivity contribution is 0.317. The average molecular weight is 434 g/mol. The summed E-state index contributed by atoms with van der Waals surface area (Å²) in [6.45, 7) is 5.53. The topological polar surface area (TPSA) is 39.7 Å². The first-order chi connectivity index (χ1) is 10.7. The van der Waals surface area contributed by atoms with Crippen molar-refractivity contribution in [3.8, 4) is 0 Å². The van der Waals surface area contributed by atoms with Crippen LogP contribution >= 0.6 is 24.0 Å². The van der Waals surface area contributed by atoms with Gasteiger partial charge >= 0.3 is 0 Å². The second kappa shape index (κ2) is 10.8. The van der Waals surface area contributed by atoms with Crippen molar-refractivity contribution in [3.05, 3.63) is 35.6 Å². The number of likely N-dealkylation sites (N-methyl/N-ethyl adjacent to an activating group) is 1. The Balaban J connectivity index is 0.00000264. The van der Waals surface area contributed by atoms with Crippen LogP contribution < -0.4 is 10.6 Å². The number of nitrogens with one attached hydrogen (secondary N) is 2. The van der Waals surface area contributed by atoms with Gasteiger partial charge in [-0.2, -0.15) is 0 Å². The molecule has 1 aromatic carbocycles. The molecule has 0 spiro atoms. The lowest BCUT2D eigenvalue weighted by atomic mass is 10.1. The first-order valence-corrected chi connectivity index (χ1v) is 8.16. The largest absolute Gasteiger partial charge is 0.357 e. The van der Waals surface area contributed by atoms with Crippen molar-refractivity contribution in [2.24, 2.45) is 4.99 Å². The standard InChI is InChI=1S/C17H27FN4.HI/c1-3-19-17(21-13-15-8-6-12-22(15)2)20-11-10-14-7-4-5-9-16(14)18;/h4-5,7,9,15H,3,6,8,10-13H2,1-2H3,(H2,19,20,21);1H. The van der Waals surface area contributed by atoms with E-state index in [0.29, 0.717) is 19.0 Å². The van der Waals surface area contributed by atoms with E-state index in [1.165, 1.54) is 18.9 Å². The molecule has 1 fully saturated rings. The molecule has 0 aromatic heterocycles. The Kier molecular flexibility index (Phi) is 9.47. The molecule has 23 heavy (non-hydrogen) atoms. The zero-order valence-electron chi connectivity index (χ0n) is 14.0. The highest BCUT2D eigenvalue weighted by Gasteiger charge is 2.20. The van der Waals surface area contributed by atoms with E-state index in [1.807, 2.05) is 12.1 Å². The molecule has 130 valence electrons. The average Bonchev–Trinajstić information content (AvgIpc) is 2.92. The van der Waals surface area contributed by atoms with Crippen molar-refractivity contribution in [1.29, 1.82) is 0 Å². The molecular weight excluding hydrogens is 406 g/mol.